The number of thiophene rings is 1. The smallest absolute Gasteiger partial charge is 0.253 e. The number of amides is 2. The van der Waals surface area contributed by atoms with Crippen LogP contribution in [0.3, 0.4) is 0 Å². The van der Waals surface area contributed by atoms with E-state index in [1.54, 1.807) is 35.6 Å². The van der Waals surface area contributed by atoms with E-state index in [4.69, 9.17) is 4.74 Å². The summed E-state index contributed by atoms with van der Waals surface area (Å²) in [5.74, 6) is -0.420. The van der Waals surface area contributed by atoms with E-state index in [1.807, 2.05) is 22.2 Å². The Morgan fingerprint density at radius 3 is 2.90 bits per heavy atom. The van der Waals surface area contributed by atoms with Gasteiger partial charge < -0.3 is 15.4 Å². The summed E-state index contributed by atoms with van der Waals surface area (Å²) in [5, 5.41) is 12.6. The molecule has 1 aliphatic rings. The fourth-order valence-corrected chi connectivity index (χ4v) is 4.69. The molecule has 1 saturated heterocycles. The van der Waals surface area contributed by atoms with Gasteiger partial charge >= 0.3 is 0 Å². The molecule has 1 fully saturated rings. The molecule has 2 amide bonds. The van der Waals surface area contributed by atoms with Crippen LogP contribution in [0.4, 0.5) is 5.69 Å². The van der Waals surface area contributed by atoms with E-state index in [0.717, 1.165) is 30.0 Å². The number of para-hydroxylation sites is 1. The van der Waals surface area contributed by atoms with Crippen molar-refractivity contribution in [1.29, 1.82) is 0 Å². The van der Waals surface area contributed by atoms with Crippen LogP contribution in [-0.2, 0) is 16.0 Å². The molecule has 0 spiro atoms. The summed E-state index contributed by atoms with van der Waals surface area (Å²) < 4.78 is 5.54. The molecular weight excluding hydrogens is 406 g/mol. The number of thiazole rings is 1. The minimum Gasteiger partial charge on any atom is -0.376 e. The van der Waals surface area contributed by atoms with Crippen molar-refractivity contribution in [2.75, 3.05) is 18.5 Å². The molecular formula is C21H21N3O3S2. The first-order chi connectivity index (χ1) is 14.2. The number of hydrogen-bond acceptors (Lipinski definition) is 6. The molecule has 1 aliphatic heterocycles. The van der Waals surface area contributed by atoms with Crippen LogP contribution in [0.15, 0.2) is 46.5 Å². The lowest BCUT2D eigenvalue weighted by atomic mass is 10.1. The van der Waals surface area contributed by atoms with Gasteiger partial charge in [-0.3, -0.25) is 9.59 Å². The number of carbonyl (C=O) groups excluding carboxylic acids is 2. The van der Waals surface area contributed by atoms with Gasteiger partial charge in [-0.05, 0) is 36.4 Å². The Morgan fingerprint density at radius 1 is 1.21 bits per heavy atom. The summed E-state index contributed by atoms with van der Waals surface area (Å²) in [6, 6.07) is 9.03. The zero-order valence-corrected chi connectivity index (χ0v) is 17.4. The van der Waals surface area contributed by atoms with Crippen LogP contribution >= 0.6 is 22.7 Å². The Labute approximate surface area is 176 Å². The van der Waals surface area contributed by atoms with E-state index in [9.17, 15) is 9.59 Å². The molecule has 1 unspecified atom stereocenters. The lowest BCUT2D eigenvalue weighted by Gasteiger charge is -2.13. The van der Waals surface area contributed by atoms with Crippen molar-refractivity contribution in [3.05, 3.63) is 57.7 Å². The molecule has 0 aliphatic carbocycles. The average molecular weight is 428 g/mol. The van der Waals surface area contributed by atoms with Crippen molar-refractivity contribution in [3.8, 4) is 10.6 Å². The van der Waals surface area contributed by atoms with Crippen LogP contribution in [0.5, 0.6) is 0 Å². The molecule has 2 aromatic heterocycles. The predicted octanol–water partition coefficient (Wildman–Crippen LogP) is 3.96. The third-order valence-corrected chi connectivity index (χ3v) is 6.25. The highest BCUT2D eigenvalue weighted by atomic mass is 32.1. The lowest BCUT2D eigenvalue weighted by Crippen LogP contribution is -2.32. The van der Waals surface area contributed by atoms with Crippen molar-refractivity contribution >= 4 is 40.2 Å². The van der Waals surface area contributed by atoms with Gasteiger partial charge in [0.1, 0.15) is 5.01 Å². The Kier molecular flexibility index (Phi) is 6.33. The SMILES string of the molecule is O=C(Cc1csc(-c2ccsc2)n1)Nc1ccccc1C(=O)NCC1CCCO1. The Bertz CT molecular complexity index is 979. The molecule has 3 heterocycles. The zero-order valence-electron chi connectivity index (χ0n) is 15.7. The summed E-state index contributed by atoms with van der Waals surface area (Å²) in [7, 11) is 0. The molecule has 4 rings (SSSR count). The third-order valence-electron chi connectivity index (χ3n) is 4.62. The van der Waals surface area contributed by atoms with E-state index >= 15 is 0 Å². The van der Waals surface area contributed by atoms with Gasteiger partial charge in [-0.25, -0.2) is 4.98 Å². The summed E-state index contributed by atoms with van der Waals surface area (Å²) >= 11 is 3.14. The quantitative estimate of drug-likeness (QED) is 0.598. The molecule has 1 atom stereocenters. The van der Waals surface area contributed by atoms with Gasteiger partial charge in [0.15, 0.2) is 0 Å². The van der Waals surface area contributed by atoms with Crippen LogP contribution in [0, 0.1) is 0 Å². The van der Waals surface area contributed by atoms with E-state index < -0.39 is 0 Å². The van der Waals surface area contributed by atoms with Crippen LogP contribution in [0.2, 0.25) is 0 Å². The Morgan fingerprint density at radius 2 is 2.10 bits per heavy atom. The van der Waals surface area contributed by atoms with Crippen molar-refractivity contribution in [1.82, 2.24) is 10.3 Å². The molecule has 6 nitrogen and oxygen atoms in total. The van der Waals surface area contributed by atoms with Gasteiger partial charge in [-0.15, -0.1) is 11.3 Å². The number of nitrogens with one attached hydrogen (secondary N) is 2. The molecule has 29 heavy (non-hydrogen) atoms. The highest BCUT2D eigenvalue weighted by Gasteiger charge is 2.19. The minimum atomic E-state index is -0.218. The predicted molar refractivity (Wildman–Crippen MR) is 116 cm³/mol. The molecule has 0 saturated carbocycles. The Hall–Kier alpha value is -2.55. The van der Waals surface area contributed by atoms with Crippen molar-refractivity contribution in [2.45, 2.75) is 25.4 Å². The maximum absolute atomic E-state index is 12.6. The highest BCUT2D eigenvalue weighted by molar-refractivity contribution is 7.14. The summed E-state index contributed by atoms with van der Waals surface area (Å²) in [5.41, 5.74) is 2.72. The summed E-state index contributed by atoms with van der Waals surface area (Å²) in [6.07, 6.45) is 2.21. The molecule has 8 heteroatoms. The van der Waals surface area contributed by atoms with Gasteiger partial charge in [0, 0.05) is 29.5 Å². The second-order valence-electron chi connectivity index (χ2n) is 6.77. The fraction of sp³-hybridized carbons (Fsp3) is 0.286. The molecule has 0 radical (unpaired) electrons. The Balaban J connectivity index is 1.37. The first kappa shape index (κ1) is 19.8. The minimum absolute atomic E-state index is 0.0720. The number of anilines is 1. The second kappa shape index (κ2) is 9.30. The van der Waals surface area contributed by atoms with Crippen molar-refractivity contribution in [3.63, 3.8) is 0 Å². The maximum atomic E-state index is 12.6. The average Bonchev–Trinajstić information content (AvgIpc) is 3.48. The molecule has 150 valence electrons. The van der Waals surface area contributed by atoms with Gasteiger partial charge in [-0.1, -0.05) is 12.1 Å². The van der Waals surface area contributed by atoms with Gasteiger partial charge in [-0.2, -0.15) is 11.3 Å². The van der Waals surface area contributed by atoms with Crippen LogP contribution in [-0.4, -0.2) is 36.1 Å². The maximum Gasteiger partial charge on any atom is 0.253 e. The van der Waals surface area contributed by atoms with E-state index in [2.05, 4.69) is 15.6 Å². The summed E-state index contributed by atoms with van der Waals surface area (Å²) in [6.45, 7) is 1.23. The number of ether oxygens (including phenoxy) is 1. The number of aromatic nitrogens is 1. The normalized spacial score (nSPS) is 15.9. The number of benzene rings is 1. The van der Waals surface area contributed by atoms with Crippen LogP contribution < -0.4 is 10.6 Å². The van der Waals surface area contributed by atoms with E-state index in [1.165, 1.54) is 11.3 Å². The van der Waals surface area contributed by atoms with Gasteiger partial charge in [0.25, 0.3) is 5.91 Å². The molecule has 2 N–H and O–H groups in total. The topological polar surface area (TPSA) is 80.3 Å². The van der Waals surface area contributed by atoms with Crippen LogP contribution in [0.25, 0.3) is 10.6 Å². The first-order valence-corrected chi connectivity index (χ1v) is 11.3. The van der Waals surface area contributed by atoms with E-state index in [0.29, 0.717) is 23.5 Å². The zero-order chi connectivity index (χ0) is 20.1. The first-order valence-electron chi connectivity index (χ1n) is 9.44. The van der Waals surface area contributed by atoms with Crippen molar-refractivity contribution < 1.29 is 14.3 Å². The van der Waals surface area contributed by atoms with E-state index in [-0.39, 0.29) is 24.3 Å². The monoisotopic (exact) mass is 427 g/mol. The number of nitrogens with zero attached hydrogens (tertiary/aromatic N) is 1. The molecule has 0 bridgehead atoms. The largest absolute Gasteiger partial charge is 0.376 e. The number of hydrogen-bond donors (Lipinski definition) is 2. The second-order valence-corrected chi connectivity index (χ2v) is 8.41. The van der Waals surface area contributed by atoms with Gasteiger partial charge in [0.2, 0.25) is 5.91 Å². The molecule has 3 aromatic rings. The number of carbonyl (C=O) groups is 2. The standard InChI is InChI=1S/C21H21N3O3S2/c25-19(10-15-13-29-21(23-15)14-7-9-28-12-14)24-18-6-2-1-5-17(18)20(26)22-11-16-4-3-8-27-16/h1-2,5-7,9,12-13,16H,3-4,8,10-11H2,(H,22,26)(H,24,25). The fourth-order valence-electron chi connectivity index (χ4n) is 3.16. The third kappa shape index (κ3) is 5.09. The summed E-state index contributed by atoms with van der Waals surface area (Å²) in [4.78, 5) is 29.6. The van der Waals surface area contributed by atoms with Gasteiger partial charge in [0.05, 0.1) is 29.5 Å². The van der Waals surface area contributed by atoms with Crippen molar-refractivity contribution in [2.24, 2.45) is 0 Å². The highest BCUT2D eigenvalue weighted by Crippen LogP contribution is 2.26. The molecule has 1 aromatic carbocycles. The van der Waals surface area contributed by atoms with Crippen LogP contribution in [0.1, 0.15) is 28.9 Å². The lowest BCUT2D eigenvalue weighted by molar-refractivity contribution is -0.115. The number of rotatable bonds is 7.